The Morgan fingerprint density at radius 1 is 1.35 bits per heavy atom. The van der Waals surface area contributed by atoms with Crippen LogP contribution in [0.4, 0.5) is 0 Å². The summed E-state index contributed by atoms with van der Waals surface area (Å²) in [5.41, 5.74) is -0.488. The van der Waals surface area contributed by atoms with E-state index in [1.54, 1.807) is 0 Å². The maximum Gasteiger partial charge on any atom is 0.132 e. The van der Waals surface area contributed by atoms with Gasteiger partial charge in [0.05, 0.1) is 25.9 Å². The van der Waals surface area contributed by atoms with E-state index in [1.165, 1.54) is 0 Å². The van der Waals surface area contributed by atoms with Crippen LogP contribution in [0.2, 0.25) is 0 Å². The van der Waals surface area contributed by atoms with Crippen molar-refractivity contribution in [3.8, 4) is 6.07 Å². The highest BCUT2D eigenvalue weighted by Crippen LogP contribution is 2.39. The van der Waals surface area contributed by atoms with E-state index in [0.717, 1.165) is 19.4 Å². The summed E-state index contributed by atoms with van der Waals surface area (Å²) in [6.45, 7) is 6.63. The normalized spacial score (nSPS) is 19.0. The van der Waals surface area contributed by atoms with E-state index in [2.05, 4.69) is 25.2 Å². The average molecular weight is 240 g/mol. The Kier molecular flexibility index (Phi) is 5.90. The topological polar surface area (TPSA) is 54.3 Å². The zero-order valence-corrected chi connectivity index (χ0v) is 11.2. The maximum absolute atomic E-state index is 9.24. The van der Waals surface area contributed by atoms with Gasteiger partial charge in [0.2, 0.25) is 0 Å². The van der Waals surface area contributed by atoms with Crippen molar-refractivity contribution in [2.75, 3.05) is 33.5 Å². The smallest absolute Gasteiger partial charge is 0.132 e. The lowest BCUT2D eigenvalue weighted by Gasteiger charge is -2.25. The van der Waals surface area contributed by atoms with Crippen LogP contribution in [0.3, 0.4) is 0 Å². The molecule has 4 nitrogen and oxygen atoms in total. The van der Waals surface area contributed by atoms with Crippen LogP contribution < -0.4 is 5.32 Å². The van der Waals surface area contributed by atoms with Gasteiger partial charge in [0.25, 0.3) is 0 Å². The molecule has 0 aromatic carbocycles. The summed E-state index contributed by atoms with van der Waals surface area (Å²) < 4.78 is 11.0. The molecule has 1 saturated carbocycles. The zero-order chi connectivity index (χ0) is 12.7. The highest BCUT2D eigenvalue weighted by Gasteiger charge is 2.44. The number of likely N-dealkylation sites (N-methyl/N-ethyl adjacent to an activating group) is 1. The average Bonchev–Trinajstić information content (AvgIpc) is 3.13. The van der Waals surface area contributed by atoms with E-state index in [9.17, 15) is 5.26 Å². The van der Waals surface area contributed by atoms with Crippen molar-refractivity contribution in [1.29, 1.82) is 5.26 Å². The lowest BCUT2D eigenvalue weighted by Crippen LogP contribution is -2.48. The lowest BCUT2D eigenvalue weighted by molar-refractivity contribution is 0.0198. The molecule has 1 aliphatic carbocycles. The van der Waals surface area contributed by atoms with Crippen LogP contribution in [-0.4, -0.2) is 39.0 Å². The van der Waals surface area contributed by atoms with Gasteiger partial charge in [0.1, 0.15) is 5.54 Å². The maximum atomic E-state index is 9.24. The van der Waals surface area contributed by atoms with Crippen LogP contribution in [0.15, 0.2) is 0 Å². The van der Waals surface area contributed by atoms with Gasteiger partial charge in [-0.3, -0.25) is 0 Å². The van der Waals surface area contributed by atoms with Gasteiger partial charge in [-0.1, -0.05) is 13.8 Å². The Morgan fingerprint density at radius 2 is 2.00 bits per heavy atom. The van der Waals surface area contributed by atoms with Gasteiger partial charge < -0.3 is 14.8 Å². The highest BCUT2D eigenvalue weighted by atomic mass is 16.5. The Hall–Kier alpha value is -0.630. The first-order valence-corrected chi connectivity index (χ1v) is 6.40. The number of nitriles is 1. The number of nitrogens with one attached hydrogen (secondary N) is 1. The van der Waals surface area contributed by atoms with Gasteiger partial charge in [0.15, 0.2) is 0 Å². The first kappa shape index (κ1) is 14.4. The molecular weight excluding hydrogens is 216 g/mol. The van der Waals surface area contributed by atoms with Crippen molar-refractivity contribution in [3.05, 3.63) is 0 Å². The second-order valence-electron chi connectivity index (χ2n) is 5.13. The van der Waals surface area contributed by atoms with Crippen LogP contribution in [0.1, 0.15) is 26.7 Å². The van der Waals surface area contributed by atoms with E-state index in [4.69, 9.17) is 9.47 Å². The molecule has 1 atom stereocenters. The van der Waals surface area contributed by atoms with Crippen molar-refractivity contribution in [2.24, 2.45) is 11.8 Å². The van der Waals surface area contributed by atoms with E-state index >= 15 is 0 Å². The minimum Gasteiger partial charge on any atom is -0.379 e. The fourth-order valence-electron chi connectivity index (χ4n) is 1.82. The number of ether oxygens (including phenoxy) is 2. The van der Waals surface area contributed by atoms with Crippen molar-refractivity contribution >= 4 is 0 Å². The molecule has 1 unspecified atom stereocenters. The number of rotatable bonds is 9. The standard InChI is InChI=1S/C13H24N2O2/c1-11(2)8-16-6-7-17-10-13(9-14,15-3)12-4-5-12/h11-12,15H,4-8,10H2,1-3H3. The van der Waals surface area contributed by atoms with Crippen molar-refractivity contribution in [3.63, 3.8) is 0 Å². The Bertz CT molecular complexity index is 259. The Balaban J connectivity index is 2.14. The molecule has 0 spiro atoms. The second-order valence-corrected chi connectivity index (χ2v) is 5.13. The fraction of sp³-hybridized carbons (Fsp3) is 0.923. The highest BCUT2D eigenvalue weighted by molar-refractivity contribution is 5.14. The fourth-order valence-corrected chi connectivity index (χ4v) is 1.82. The molecule has 1 N–H and O–H groups in total. The molecule has 17 heavy (non-hydrogen) atoms. The van der Waals surface area contributed by atoms with Crippen LogP contribution >= 0.6 is 0 Å². The van der Waals surface area contributed by atoms with E-state index < -0.39 is 5.54 Å². The molecular formula is C13H24N2O2. The van der Waals surface area contributed by atoms with Crippen molar-refractivity contribution in [2.45, 2.75) is 32.2 Å². The third-order valence-corrected chi connectivity index (χ3v) is 3.07. The Morgan fingerprint density at radius 3 is 2.47 bits per heavy atom. The summed E-state index contributed by atoms with van der Waals surface area (Å²) in [6.07, 6.45) is 2.25. The van der Waals surface area contributed by atoms with Gasteiger partial charge in [-0.05, 0) is 31.7 Å². The summed E-state index contributed by atoms with van der Waals surface area (Å²) in [6, 6.07) is 2.36. The molecule has 4 heteroatoms. The molecule has 0 amide bonds. The van der Waals surface area contributed by atoms with Gasteiger partial charge in [-0.2, -0.15) is 5.26 Å². The van der Waals surface area contributed by atoms with Gasteiger partial charge in [0, 0.05) is 6.61 Å². The van der Waals surface area contributed by atoms with Crippen molar-refractivity contribution < 1.29 is 9.47 Å². The molecule has 0 bridgehead atoms. The van der Waals surface area contributed by atoms with Crippen LogP contribution in [-0.2, 0) is 9.47 Å². The number of hydrogen-bond acceptors (Lipinski definition) is 4. The molecule has 1 aliphatic rings. The van der Waals surface area contributed by atoms with Crippen LogP contribution in [0.5, 0.6) is 0 Å². The first-order chi connectivity index (χ1) is 8.14. The third kappa shape index (κ3) is 4.63. The van der Waals surface area contributed by atoms with Gasteiger partial charge in [-0.15, -0.1) is 0 Å². The van der Waals surface area contributed by atoms with Gasteiger partial charge >= 0.3 is 0 Å². The molecule has 98 valence electrons. The van der Waals surface area contributed by atoms with Crippen LogP contribution in [0, 0.1) is 23.2 Å². The third-order valence-electron chi connectivity index (χ3n) is 3.07. The summed E-state index contributed by atoms with van der Waals surface area (Å²) >= 11 is 0. The molecule has 0 aliphatic heterocycles. The predicted octanol–water partition coefficient (Wildman–Crippen LogP) is 1.57. The van der Waals surface area contributed by atoms with Crippen molar-refractivity contribution in [1.82, 2.24) is 5.32 Å². The quantitative estimate of drug-likeness (QED) is 0.622. The lowest BCUT2D eigenvalue weighted by atomic mass is 9.97. The minimum absolute atomic E-state index is 0.453. The molecule has 1 rings (SSSR count). The zero-order valence-electron chi connectivity index (χ0n) is 11.2. The van der Waals surface area contributed by atoms with E-state index in [-0.39, 0.29) is 0 Å². The minimum atomic E-state index is -0.488. The molecule has 0 aromatic rings. The van der Waals surface area contributed by atoms with Crippen LogP contribution in [0.25, 0.3) is 0 Å². The SMILES string of the molecule is CNC(C#N)(COCCOCC(C)C)C1CC1. The number of nitrogens with zero attached hydrogens (tertiary/aromatic N) is 1. The molecule has 1 fully saturated rings. The second kappa shape index (κ2) is 6.95. The van der Waals surface area contributed by atoms with Gasteiger partial charge in [-0.25, -0.2) is 0 Å². The Labute approximate surface area is 104 Å². The summed E-state index contributed by atoms with van der Waals surface area (Å²) in [4.78, 5) is 0. The van der Waals surface area contributed by atoms with E-state index in [1.807, 2.05) is 7.05 Å². The molecule has 0 saturated heterocycles. The molecule has 0 radical (unpaired) electrons. The largest absolute Gasteiger partial charge is 0.379 e. The monoisotopic (exact) mass is 240 g/mol. The first-order valence-electron chi connectivity index (χ1n) is 6.40. The van der Waals surface area contributed by atoms with E-state index in [0.29, 0.717) is 31.7 Å². The number of hydrogen-bond donors (Lipinski definition) is 1. The molecule has 0 heterocycles. The molecule has 0 aromatic heterocycles. The predicted molar refractivity (Wildman–Crippen MR) is 66.6 cm³/mol. The summed E-state index contributed by atoms with van der Waals surface area (Å²) in [5.74, 6) is 1.01. The summed E-state index contributed by atoms with van der Waals surface area (Å²) in [7, 11) is 1.83. The summed E-state index contributed by atoms with van der Waals surface area (Å²) in [5, 5.41) is 12.3.